The van der Waals surface area contributed by atoms with E-state index in [1.165, 1.54) is 0 Å². The number of nitrogens with one attached hydrogen (secondary N) is 1. The second-order valence-corrected chi connectivity index (χ2v) is 8.67. The maximum atomic E-state index is 12.2. The van der Waals surface area contributed by atoms with Gasteiger partial charge >= 0.3 is 0 Å². The van der Waals surface area contributed by atoms with Crippen molar-refractivity contribution in [2.75, 3.05) is 0 Å². The van der Waals surface area contributed by atoms with E-state index in [0.29, 0.717) is 12.1 Å². The van der Waals surface area contributed by atoms with Crippen molar-refractivity contribution in [1.29, 1.82) is 0 Å². The van der Waals surface area contributed by atoms with Crippen molar-refractivity contribution in [1.82, 2.24) is 9.71 Å². The third kappa shape index (κ3) is 3.76. The number of aryl methyl sites for hydroxylation is 1. The van der Waals surface area contributed by atoms with Gasteiger partial charge in [0.1, 0.15) is 0 Å². The highest BCUT2D eigenvalue weighted by atomic mass is 35.5. The molecular weight excluding hydrogens is 324 g/mol. The quantitative estimate of drug-likeness (QED) is 0.912. The molecule has 1 atom stereocenters. The lowest BCUT2D eigenvalue weighted by molar-refractivity contribution is 0.562. The number of nitrogens with zero attached hydrogens (tertiary/aromatic N) is 1. The standard InChI is InChI=1S/C11H13ClN2O2S3/c1-7(6-9-4-3-5-17-9)14-19(15,16)10-8(2)13-11(12)18-10/h3-5,7,14H,6H2,1-2H3. The van der Waals surface area contributed by atoms with Crippen molar-refractivity contribution in [2.45, 2.75) is 30.5 Å². The minimum absolute atomic E-state index is 0.177. The molecule has 8 heteroatoms. The molecule has 0 aliphatic rings. The van der Waals surface area contributed by atoms with Crippen molar-refractivity contribution in [3.8, 4) is 0 Å². The molecule has 2 rings (SSSR count). The SMILES string of the molecule is Cc1nc(Cl)sc1S(=O)(=O)NC(C)Cc1cccs1. The molecule has 0 bridgehead atoms. The zero-order valence-corrected chi connectivity index (χ0v) is 13.6. The number of sulfonamides is 1. The van der Waals surface area contributed by atoms with Gasteiger partial charge < -0.3 is 0 Å². The summed E-state index contributed by atoms with van der Waals surface area (Å²) in [6, 6.07) is 3.77. The maximum Gasteiger partial charge on any atom is 0.252 e. The molecular formula is C11H13ClN2O2S3. The van der Waals surface area contributed by atoms with Crippen LogP contribution in [0.2, 0.25) is 4.47 Å². The van der Waals surface area contributed by atoms with Crippen LogP contribution in [-0.4, -0.2) is 19.4 Å². The molecule has 2 heterocycles. The molecule has 0 aliphatic heterocycles. The molecule has 0 aliphatic carbocycles. The van der Waals surface area contributed by atoms with E-state index in [4.69, 9.17) is 11.6 Å². The van der Waals surface area contributed by atoms with Crippen LogP contribution in [0.3, 0.4) is 0 Å². The van der Waals surface area contributed by atoms with Gasteiger partial charge in [-0.05, 0) is 31.7 Å². The molecule has 0 aromatic carbocycles. The highest BCUT2D eigenvalue weighted by molar-refractivity contribution is 7.91. The van der Waals surface area contributed by atoms with E-state index in [-0.39, 0.29) is 14.7 Å². The molecule has 0 spiro atoms. The molecule has 104 valence electrons. The Morgan fingerprint density at radius 3 is 2.79 bits per heavy atom. The van der Waals surface area contributed by atoms with Gasteiger partial charge in [0, 0.05) is 10.9 Å². The fourth-order valence-corrected chi connectivity index (χ4v) is 5.52. The van der Waals surface area contributed by atoms with Crippen LogP contribution in [-0.2, 0) is 16.4 Å². The van der Waals surface area contributed by atoms with Crippen LogP contribution in [0.1, 0.15) is 17.5 Å². The van der Waals surface area contributed by atoms with Crippen LogP contribution in [0, 0.1) is 6.92 Å². The number of aromatic nitrogens is 1. The van der Waals surface area contributed by atoms with Gasteiger partial charge in [0.05, 0.1) is 5.69 Å². The molecule has 0 fully saturated rings. The lowest BCUT2D eigenvalue weighted by atomic mass is 10.2. The van der Waals surface area contributed by atoms with Gasteiger partial charge in [-0.1, -0.05) is 29.0 Å². The lowest BCUT2D eigenvalue weighted by Gasteiger charge is -2.12. The third-order valence-electron chi connectivity index (χ3n) is 2.42. The van der Waals surface area contributed by atoms with Gasteiger partial charge in [0.2, 0.25) is 0 Å². The predicted octanol–water partition coefficient (Wildman–Crippen LogP) is 3.08. The van der Waals surface area contributed by atoms with Crippen LogP contribution < -0.4 is 4.72 Å². The van der Waals surface area contributed by atoms with Crippen molar-refractivity contribution in [3.63, 3.8) is 0 Å². The average molecular weight is 337 g/mol. The first kappa shape index (κ1) is 14.9. The molecule has 2 aromatic rings. The second-order valence-electron chi connectivity index (χ2n) is 4.15. The number of rotatable bonds is 5. The van der Waals surface area contributed by atoms with Gasteiger partial charge in [-0.3, -0.25) is 0 Å². The molecule has 0 radical (unpaired) electrons. The van der Waals surface area contributed by atoms with Crippen molar-refractivity contribution in [3.05, 3.63) is 32.6 Å². The normalized spacial score (nSPS) is 13.6. The number of thiophene rings is 1. The van der Waals surface area contributed by atoms with Gasteiger partial charge in [0.25, 0.3) is 10.0 Å². The van der Waals surface area contributed by atoms with E-state index in [9.17, 15) is 8.42 Å². The van der Waals surface area contributed by atoms with E-state index < -0.39 is 10.0 Å². The highest BCUT2D eigenvalue weighted by Gasteiger charge is 2.23. The maximum absolute atomic E-state index is 12.2. The molecule has 19 heavy (non-hydrogen) atoms. The van der Waals surface area contributed by atoms with Crippen LogP contribution >= 0.6 is 34.3 Å². The van der Waals surface area contributed by atoms with E-state index in [2.05, 4.69) is 9.71 Å². The summed E-state index contributed by atoms with van der Waals surface area (Å²) in [6.07, 6.45) is 0.669. The molecule has 4 nitrogen and oxygen atoms in total. The molecule has 2 aromatic heterocycles. The van der Waals surface area contributed by atoms with Crippen LogP contribution in [0.4, 0.5) is 0 Å². The van der Waals surface area contributed by atoms with Crippen molar-refractivity contribution >= 4 is 44.3 Å². The summed E-state index contributed by atoms with van der Waals surface area (Å²) < 4.78 is 27.5. The third-order valence-corrected chi connectivity index (χ3v) is 6.78. The fourth-order valence-electron chi connectivity index (χ4n) is 1.69. The Bertz CT molecular complexity index is 650. The summed E-state index contributed by atoms with van der Waals surface area (Å²) in [4.78, 5) is 5.07. The Morgan fingerprint density at radius 1 is 1.53 bits per heavy atom. The number of hydrogen-bond acceptors (Lipinski definition) is 5. The van der Waals surface area contributed by atoms with E-state index in [1.54, 1.807) is 18.3 Å². The zero-order chi connectivity index (χ0) is 14.0. The van der Waals surface area contributed by atoms with Gasteiger partial charge in [-0.2, -0.15) is 0 Å². The summed E-state index contributed by atoms with van der Waals surface area (Å²) in [5, 5.41) is 1.98. The number of hydrogen-bond donors (Lipinski definition) is 1. The van der Waals surface area contributed by atoms with Crippen molar-refractivity contribution < 1.29 is 8.42 Å². The Hall–Kier alpha value is -0.470. The monoisotopic (exact) mass is 336 g/mol. The second kappa shape index (κ2) is 5.88. The Labute approximate surface area is 125 Å². The largest absolute Gasteiger partial charge is 0.252 e. The fraction of sp³-hybridized carbons (Fsp3) is 0.364. The minimum atomic E-state index is -3.55. The summed E-state index contributed by atoms with van der Waals surface area (Å²) in [5.41, 5.74) is 0.436. The summed E-state index contributed by atoms with van der Waals surface area (Å²) in [6.45, 7) is 3.48. The van der Waals surface area contributed by atoms with Gasteiger partial charge in [-0.25, -0.2) is 18.1 Å². The molecule has 0 saturated heterocycles. The Morgan fingerprint density at radius 2 is 2.26 bits per heavy atom. The Balaban J connectivity index is 2.11. The zero-order valence-electron chi connectivity index (χ0n) is 10.4. The molecule has 1 unspecified atom stereocenters. The molecule has 1 N–H and O–H groups in total. The number of halogens is 1. The van der Waals surface area contributed by atoms with Crippen LogP contribution in [0.25, 0.3) is 0 Å². The van der Waals surface area contributed by atoms with E-state index in [1.807, 2.05) is 24.4 Å². The topological polar surface area (TPSA) is 59.1 Å². The first-order chi connectivity index (χ1) is 8.88. The molecule has 0 saturated carbocycles. The lowest BCUT2D eigenvalue weighted by Crippen LogP contribution is -2.33. The van der Waals surface area contributed by atoms with Crippen LogP contribution in [0.5, 0.6) is 0 Å². The summed E-state index contributed by atoms with van der Waals surface area (Å²) in [5.74, 6) is 0. The Kier molecular flexibility index (Phi) is 4.62. The van der Waals surface area contributed by atoms with E-state index in [0.717, 1.165) is 16.2 Å². The van der Waals surface area contributed by atoms with Crippen molar-refractivity contribution in [2.24, 2.45) is 0 Å². The number of thiazole rings is 1. The first-order valence-electron chi connectivity index (χ1n) is 5.56. The predicted molar refractivity (Wildman–Crippen MR) is 79.7 cm³/mol. The summed E-state index contributed by atoms with van der Waals surface area (Å²) >= 11 is 8.33. The highest BCUT2D eigenvalue weighted by Crippen LogP contribution is 2.26. The molecule has 0 amide bonds. The van der Waals surface area contributed by atoms with Gasteiger partial charge in [-0.15, -0.1) is 11.3 Å². The first-order valence-corrected chi connectivity index (χ1v) is 9.12. The summed E-state index contributed by atoms with van der Waals surface area (Å²) in [7, 11) is -3.55. The van der Waals surface area contributed by atoms with E-state index >= 15 is 0 Å². The minimum Gasteiger partial charge on any atom is -0.229 e. The smallest absolute Gasteiger partial charge is 0.229 e. The van der Waals surface area contributed by atoms with Crippen LogP contribution in [0.15, 0.2) is 21.7 Å². The van der Waals surface area contributed by atoms with Gasteiger partial charge in [0.15, 0.2) is 8.68 Å². The average Bonchev–Trinajstić information content (AvgIpc) is 2.87.